The third kappa shape index (κ3) is 6.17. The summed E-state index contributed by atoms with van der Waals surface area (Å²) in [5.41, 5.74) is 3.17. The predicted octanol–water partition coefficient (Wildman–Crippen LogP) is 3.68. The van der Waals surface area contributed by atoms with Crippen molar-refractivity contribution in [2.75, 3.05) is 39.5 Å². The highest BCUT2D eigenvalue weighted by atomic mass is 16.5. The topological polar surface area (TPSA) is 50.8 Å². The van der Waals surface area contributed by atoms with Crippen molar-refractivity contribution in [3.8, 4) is 5.75 Å². The third-order valence-corrected chi connectivity index (χ3v) is 5.11. The second-order valence-electron chi connectivity index (χ2n) is 7.10. The number of allylic oxidation sites excluding steroid dienone is 1. The summed E-state index contributed by atoms with van der Waals surface area (Å²) in [6, 6.07) is 18.2. The lowest BCUT2D eigenvalue weighted by Crippen LogP contribution is -2.43. The van der Waals surface area contributed by atoms with Gasteiger partial charge in [-0.1, -0.05) is 42.5 Å². The molecule has 2 aromatic carbocycles. The average Bonchev–Trinajstić information content (AvgIpc) is 2.76. The molecular formula is C24H30N2O3. The molecule has 0 aromatic heterocycles. The molecule has 0 radical (unpaired) electrons. The number of amides is 1. The van der Waals surface area contributed by atoms with Crippen LogP contribution in [0.25, 0.3) is 5.57 Å². The predicted molar refractivity (Wildman–Crippen MR) is 116 cm³/mol. The normalized spacial score (nSPS) is 16.3. The number of benzene rings is 2. The molecule has 5 heteroatoms. The Hall–Kier alpha value is -2.63. The van der Waals surface area contributed by atoms with Gasteiger partial charge in [0.25, 0.3) is 0 Å². The smallest absolute Gasteiger partial charge is 0.244 e. The van der Waals surface area contributed by atoms with E-state index >= 15 is 0 Å². The molecule has 1 aliphatic rings. The molecule has 5 nitrogen and oxygen atoms in total. The van der Waals surface area contributed by atoms with Crippen LogP contribution in [0.4, 0.5) is 0 Å². The Morgan fingerprint density at radius 1 is 1.14 bits per heavy atom. The maximum atomic E-state index is 12.5. The van der Waals surface area contributed by atoms with Crippen molar-refractivity contribution in [3.63, 3.8) is 0 Å². The van der Waals surface area contributed by atoms with Gasteiger partial charge in [0.15, 0.2) is 0 Å². The number of hydrogen-bond acceptors (Lipinski definition) is 4. The summed E-state index contributed by atoms with van der Waals surface area (Å²) in [6.07, 6.45) is 1.67. The lowest BCUT2D eigenvalue weighted by Gasteiger charge is -2.35. The molecule has 0 aliphatic carbocycles. The highest BCUT2D eigenvalue weighted by Gasteiger charge is 2.23. The van der Waals surface area contributed by atoms with E-state index in [-0.39, 0.29) is 11.9 Å². The van der Waals surface area contributed by atoms with Gasteiger partial charge in [-0.15, -0.1) is 0 Å². The fourth-order valence-electron chi connectivity index (χ4n) is 3.53. The van der Waals surface area contributed by atoms with Crippen molar-refractivity contribution in [3.05, 3.63) is 71.8 Å². The van der Waals surface area contributed by atoms with Crippen LogP contribution in [0.15, 0.2) is 60.7 Å². The van der Waals surface area contributed by atoms with Crippen LogP contribution in [0.2, 0.25) is 0 Å². The molecule has 0 spiro atoms. The quantitative estimate of drug-likeness (QED) is 0.694. The van der Waals surface area contributed by atoms with E-state index < -0.39 is 0 Å². The minimum Gasteiger partial charge on any atom is -0.494 e. The van der Waals surface area contributed by atoms with Crippen molar-refractivity contribution < 1.29 is 14.3 Å². The summed E-state index contributed by atoms with van der Waals surface area (Å²) in [5, 5.41) is 3.09. The minimum absolute atomic E-state index is 0.0736. The van der Waals surface area contributed by atoms with Crippen LogP contribution in [-0.2, 0) is 9.53 Å². The number of rotatable bonds is 8. The molecule has 1 atom stereocenters. The summed E-state index contributed by atoms with van der Waals surface area (Å²) in [4.78, 5) is 14.9. The first kappa shape index (κ1) is 21.1. The third-order valence-electron chi connectivity index (χ3n) is 5.11. The first-order valence-corrected chi connectivity index (χ1v) is 10.2. The number of nitrogens with one attached hydrogen (secondary N) is 1. The van der Waals surface area contributed by atoms with E-state index in [1.807, 2.05) is 56.3 Å². The Bertz CT molecular complexity index is 797. The second kappa shape index (κ2) is 10.8. The molecule has 29 heavy (non-hydrogen) atoms. The standard InChI is InChI=1S/C24H30N2O3/c1-3-29-22-11-9-21(10-12-22)23(26-13-15-28-16-14-26)18-25-24(27)17-19(2)20-7-5-4-6-8-20/h4-12,17,23H,3,13-16,18H2,1-2H3,(H,25,27)/b19-17+. The Labute approximate surface area is 173 Å². The van der Waals surface area contributed by atoms with Gasteiger partial charge in [-0.3, -0.25) is 9.69 Å². The Morgan fingerprint density at radius 2 is 1.83 bits per heavy atom. The Kier molecular flexibility index (Phi) is 7.85. The van der Waals surface area contributed by atoms with E-state index in [9.17, 15) is 4.79 Å². The van der Waals surface area contributed by atoms with Crippen LogP contribution in [0.1, 0.15) is 31.0 Å². The molecule has 3 rings (SSSR count). The number of carbonyl (C=O) groups is 1. The van der Waals surface area contributed by atoms with Crippen LogP contribution in [0.3, 0.4) is 0 Å². The molecule has 1 saturated heterocycles. The number of carbonyl (C=O) groups excluding carboxylic acids is 1. The molecule has 0 bridgehead atoms. The fourth-order valence-corrected chi connectivity index (χ4v) is 3.53. The van der Waals surface area contributed by atoms with Crippen molar-refractivity contribution in [2.45, 2.75) is 19.9 Å². The highest BCUT2D eigenvalue weighted by molar-refractivity contribution is 5.94. The lowest BCUT2D eigenvalue weighted by atomic mass is 10.0. The maximum Gasteiger partial charge on any atom is 0.244 e. The highest BCUT2D eigenvalue weighted by Crippen LogP contribution is 2.24. The zero-order valence-corrected chi connectivity index (χ0v) is 17.3. The van der Waals surface area contributed by atoms with E-state index in [0.717, 1.165) is 30.0 Å². The van der Waals surface area contributed by atoms with E-state index in [0.29, 0.717) is 26.4 Å². The first-order valence-electron chi connectivity index (χ1n) is 10.2. The van der Waals surface area contributed by atoms with Gasteiger partial charge in [-0.2, -0.15) is 0 Å². The first-order chi connectivity index (χ1) is 14.2. The SMILES string of the molecule is CCOc1ccc(C(CNC(=O)/C=C(\C)c2ccccc2)N2CCOCC2)cc1. The molecule has 1 heterocycles. The van der Waals surface area contributed by atoms with Gasteiger partial charge in [-0.25, -0.2) is 0 Å². The number of ether oxygens (including phenoxy) is 2. The van der Waals surface area contributed by atoms with Gasteiger partial charge in [0.05, 0.1) is 25.9 Å². The van der Waals surface area contributed by atoms with Crippen LogP contribution in [0, 0.1) is 0 Å². The zero-order chi connectivity index (χ0) is 20.5. The van der Waals surface area contributed by atoms with Gasteiger partial charge >= 0.3 is 0 Å². The van der Waals surface area contributed by atoms with E-state index in [1.54, 1.807) is 6.08 Å². The monoisotopic (exact) mass is 394 g/mol. The maximum absolute atomic E-state index is 12.5. The summed E-state index contributed by atoms with van der Waals surface area (Å²) in [7, 11) is 0. The molecular weight excluding hydrogens is 364 g/mol. The van der Waals surface area contributed by atoms with Crippen molar-refractivity contribution >= 4 is 11.5 Å². The lowest BCUT2D eigenvalue weighted by molar-refractivity contribution is -0.116. The Morgan fingerprint density at radius 3 is 2.48 bits per heavy atom. The summed E-state index contributed by atoms with van der Waals surface area (Å²) >= 11 is 0. The molecule has 154 valence electrons. The van der Waals surface area contributed by atoms with Gasteiger partial charge in [0.1, 0.15) is 5.75 Å². The van der Waals surface area contributed by atoms with Crippen LogP contribution < -0.4 is 10.1 Å². The summed E-state index contributed by atoms with van der Waals surface area (Å²) < 4.78 is 11.1. The molecule has 1 fully saturated rings. The van der Waals surface area contributed by atoms with Crippen LogP contribution in [0.5, 0.6) is 5.75 Å². The minimum atomic E-state index is -0.0736. The average molecular weight is 395 g/mol. The van der Waals surface area contributed by atoms with Gasteiger partial charge in [0, 0.05) is 25.7 Å². The zero-order valence-electron chi connectivity index (χ0n) is 17.3. The van der Waals surface area contributed by atoms with Gasteiger partial charge in [0.2, 0.25) is 5.91 Å². The van der Waals surface area contributed by atoms with Gasteiger partial charge < -0.3 is 14.8 Å². The Balaban J connectivity index is 1.68. The number of hydrogen-bond donors (Lipinski definition) is 1. The number of nitrogens with zero attached hydrogens (tertiary/aromatic N) is 1. The van der Waals surface area contributed by atoms with E-state index in [1.165, 1.54) is 5.56 Å². The summed E-state index contributed by atoms with van der Waals surface area (Å²) in [5.74, 6) is 0.790. The van der Waals surface area contributed by atoms with Crippen molar-refractivity contribution in [1.82, 2.24) is 10.2 Å². The fraction of sp³-hybridized carbons (Fsp3) is 0.375. The summed E-state index contributed by atoms with van der Waals surface area (Å²) in [6.45, 7) is 8.27. The molecule has 1 aliphatic heterocycles. The largest absolute Gasteiger partial charge is 0.494 e. The molecule has 2 aromatic rings. The van der Waals surface area contributed by atoms with Crippen LogP contribution >= 0.6 is 0 Å². The van der Waals surface area contributed by atoms with Crippen LogP contribution in [-0.4, -0.2) is 50.3 Å². The van der Waals surface area contributed by atoms with E-state index in [4.69, 9.17) is 9.47 Å². The molecule has 0 saturated carbocycles. The second-order valence-corrected chi connectivity index (χ2v) is 7.10. The molecule has 1 N–H and O–H groups in total. The molecule has 1 unspecified atom stereocenters. The number of morpholine rings is 1. The van der Waals surface area contributed by atoms with Gasteiger partial charge in [-0.05, 0) is 42.7 Å². The molecule has 1 amide bonds. The van der Waals surface area contributed by atoms with E-state index in [2.05, 4.69) is 22.3 Å². The van der Waals surface area contributed by atoms with Crippen molar-refractivity contribution in [1.29, 1.82) is 0 Å². The van der Waals surface area contributed by atoms with Crippen molar-refractivity contribution in [2.24, 2.45) is 0 Å².